The lowest BCUT2D eigenvalue weighted by molar-refractivity contribution is -0.908. The summed E-state index contributed by atoms with van der Waals surface area (Å²) < 4.78 is 6.04. The van der Waals surface area contributed by atoms with Gasteiger partial charge in [-0.15, -0.1) is 0 Å². The molecule has 1 aromatic rings. The van der Waals surface area contributed by atoms with Gasteiger partial charge in [0, 0.05) is 11.7 Å². The van der Waals surface area contributed by atoms with Gasteiger partial charge in [0.25, 0.3) is 5.69 Å². The molecule has 0 spiro atoms. The molecule has 1 heterocycles. The van der Waals surface area contributed by atoms with Crippen LogP contribution in [-0.2, 0) is 0 Å². The molecule has 0 aliphatic rings. The Morgan fingerprint density at radius 3 is 2.58 bits per heavy atom. The molecule has 12 heavy (non-hydrogen) atoms. The summed E-state index contributed by atoms with van der Waals surface area (Å²) in [6, 6.07) is 0. The molecule has 1 aromatic heterocycles. The van der Waals surface area contributed by atoms with Gasteiger partial charge in [-0.3, -0.25) is 5.21 Å². The summed E-state index contributed by atoms with van der Waals surface area (Å²) in [6.07, 6.45) is 1.56. The maximum Gasteiger partial charge on any atom is 0.253 e. The minimum atomic E-state index is 0.444. The van der Waals surface area contributed by atoms with E-state index in [0.717, 1.165) is 10.3 Å². The summed E-state index contributed by atoms with van der Waals surface area (Å²) in [4.78, 5) is 0. The zero-order chi connectivity index (χ0) is 9.30. The Bertz CT molecular complexity index is 312. The van der Waals surface area contributed by atoms with Crippen molar-refractivity contribution < 1.29 is 14.7 Å². The average molecular weight is 189 g/mol. The number of aryl methyl sites for hydroxylation is 1. The van der Waals surface area contributed by atoms with Crippen LogP contribution in [0.1, 0.15) is 11.3 Å². The molecule has 1 rings (SSSR count). The lowest BCUT2D eigenvalue weighted by atomic mass is 10.2. The van der Waals surface area contributed by atoms with Gasteiger partial charge in [0.05, 0.1) is 12.7 Å². The van der Waals surface area contributed by atoms with Gasteiger partial charge in [-0.05, 0) is 6.92 Å². The topological polar surface area (TPSA) is 33.3 Å². The highest BCUT2D eigenvalue weighted by Crippen LogP contribution is 2.28. The van der Waals surface area contributed by atoms with E-state index in [9.17, 15) is 5.21 Å². The van der Waals surface area contributed by atoms with Crippen LogP contribution in [0, 0.1) is 13.8 Å². The summed E-state index contributed by atoms with van der Waals surface area (Å²) in [6.45, 7) is 3.53. The standard InChI is InChI=1S/C8H11ClNO2/c1-5-4-10(11)6(2)7(9)8(5)12-3/h4,11H,1-3H3/q+1. The number of pyridine rings is 1. The van der Waals surface area contributed by atoms with Gasteiger partial charge in [0.1, 0.15) is 0 Å². The number of halogens is 1. The second-order valence-electron chi connectivity index (χ2n) is 2.59. The molecule has 0 aliphatic carbocycles. The van der Waals surface area contributed by atoms with Gasteiger partial charge in [0.15, 0.2) is 10.8 Å². The fraction of sp³-hybridized carbons (Fsp3) is 0.375. The molecule has 4 heteroatoms. The number of rotatable bonds is 1. The highest BCUT2D eigenvalue weighted by Gasteiger charge is 2.18. The van der Waals surface area contributed by atoms with Crippen molar-refractivity contribution in [3.05, 3.63) is 22.5 Å². The van der Waals surface area contributed by atoms with Crippen LogP contribution in [0.25, 0.3) is 0 Å². The molecule has 0 saturated heterocycles. The fourth-order valence-corrected chi connectivity index (χ4v) is 1.34. The third kappa shape index (κ3) is 1.32. The molecule has 66 valence electrons. The van der Waals surface area contributed by atoms with E-state index in [-0.39, 0.29) is 0 Å². The second-order valence-corrected chi connectivity index (χ2v) is 2.97. The average Bonchev–Trinajstić information content (AvgIpc) is 2.01. The van der Waals surface area contributed by atoms with Crippen molar-refractivity contribution in [2.45, 2.75) is 13.8 Å². The lowest BCUT2D eigenvalue weighted by Gasteiger charge is -2.04. The number of ether oxygens (including phenoxy) is 1. The molecule has 3 nitrogen and oxygen atoms in total. The smallest absolute Gasteiger partial charge is 0.253 e. The molecule has 0 radical (unpaired) electrons. The minimum Gasteiger partial charge on any atom is -0.494 e. The van der Waals surface area contributed by atoms with Crippen LogP contribution >= 0.6 is 11.6 Å². The molecule has 0 bridgehead atoms. The monoisotopic (exact) mass is 188 g/mol. The Hall–Kier alpha value is -0.960. The molecular formula is C8H11ClNO2+. The maximum atomic E-state index is 9.28. The van der Waals surface area contributed by atoms with E-state index in [0.29, 0.717) is 16.5 Å². The van der Waals surface area contributed by atoms with Crippen LogP contribution in [0.3, 0.4) is 0 Å². The third-order valence-corrected chi connectivity index (χ3v) is 2.18. The predicted molar refractivity (Wildman–Crippen MR) is 44.9 cm³/mol. The highest BCUT2D eigenvalue weighted by atomic mass is 35.5. The second kappa shape index (κ2) is 3.19. The first-order valence-electron chi connectivity index (χ1n) is 3.52. The van der Waals surface area contributed by atoms with Crippen LogP contribution in [-0.4, -0.2) is 12.3 Å². The number of nitrogens with zero attached hydrogens (tertiary/aromatic N) is 1. The number of hydrogen-bond acceptors (Lipinski definition) is 2. The highest BCUT2D eigenvalue weighted by molar-refractivity contribution is 6.32. The molecule has 0 amide bonds. The van der Waals surface area contributed by atoms with E-state index in [1.54, 1.807) is 20.2 Å². The van der Waals surface area contributed by atoms with Crippen molar-refractivity contribution in [3.8, 4) is 5.75 Å². The lowest BCUT2D eigenvalue weighted by Crippen LogP contribution is -2.34. The zero-order valence-electron chi connectivity index (χ0n) is 7.26. The first-order valence-corrected chi connectivity index (χ1v) is 3.90. The first-order chi connectivity index (χ1) is 5.57. The number of methoxy groups -OCH3 is 1. The van der Waals surface area contributed by atoms with Gasteiger partial charge in [-0.1, -0.05) is 11.6 Å². The molecule has 0 fully saturated rings. The van der Waals surface area contributed by atoms with Gasteiger partial charge in [-0.25, -0.2) is 0 Å². The van der Waals surface area contributed by atoms with Crippen LogP contribution < -0.4 is 9.47 Å². The summed E-state index contributed by atoms with van der Waals surface area (Å²) in [5.41, 5.74) is 1.37. The van der Waals surface area contributed by atoms with Crippen LogP contribution in [0.5, 0.6) is 5.75 Å². The SMILES string of the molecule is COc1c(C)c[n+](O)c(C)c1Cl. The van der Waals surface area contributed by atoms with Crippen LogP contribution in [0.4, 0.5) is 0 Å². The van der Waals surface area contributed by atoms with Crippen molar-refractivity contribution in [3.63, 3.8) is 0 Å². The summed E-state index contributed by atoms with van der Waals surface area (Å²) in [5.74, 6) is 0.611. The molecule has 0 atom stereocenters. The molecule has 0 aliphatic heterocycles. The van der Waals surface area contributed by atoms with E-state index in [1.165, 1.54) is 0 Å². The van der Waals surface area contributed by atoms with Gasteiger partial charge in [-0.2, -0.15) is 0 Å². The summed E-state index contributed by atoms with van der Waals surface area (Å²) in [5, 5.41) is 9.72. The van der Waals surface area contributed by atoms with Crippen molar-refractivity contribution in [2.24, 2.45) is 0 Å². The van der Waals surface area contributed by atoms with Gasteiger partial charge < -0.3 is 4.74 Å². The van der Waals surface area contributed by atoms with E-state index in [2.05, 4.69) is 0 Å². The number of hydrogen-bond donors (Lipinski definition) is 1. The maximum absolute atomic E-state index is 9.28. The quantitative estimate of drug-likeness (QED) is 0.535. The minimum absolute atomic E-state index is 0.444. The largest absolute Gasteiger partial charge is 0.494 e. The first kappa shape index (κ1) is 9.13. The van der Waals surface area contributed by atoms with Crippen molar-refractivity contribution in [1.29, 1.82) is 0 Å². The van der Waals surface area contributed by atoms with Gasteiger partial charge >= 0.3 is 0 Å². The van der Waals surface area contributed by atoms with Gasteiger partial charge in [0.2, 0.25) is 6.20 Å². The Morgan fingerprint density at radius 1 is 1.50 bits per heavy atom. The van der Waals surface area contributed by atoms with Crippen molar-refractivity contribution in [1.82, 2.24) is 0 Å². The molecule has 0 unspecified atom stereocenters. The van der Waals surface area contributed by atoms with E-state index in [4.69, 9.17) is 16.3 Å². The Labute approximate surface area is 76.1 Å². The Morgan fingerprint density at radius 2 is 2.08 bits per heavy atom. The number of aromatic nitrogens is 1. The van der Waals surface area contributed by atoms with Crippen molar-refractivity contribution in [2.75, 3.05) is 7.11 Å². The normalized spacial score (nSPS) is 10.0. The van der Waals surface area contributed by atoms with E-state index >= 15 is 0 Å². The van der Waals surface area contributed by atoms with Crippen LogP contribution in [0.2, 0.25) is 5.02 Å². The predicted octanol–water partition coefficient (Wildman–Crippen LogP) is 1.49. The van der Waals surface area contributed by atoms with Crippen LogP contribution in [0.15, 0.2) is 6.20 Å². The fourth-order valence-electron chi connectivity index (χ4n) is 1.03. The molecule has 0 saturated carbocycles. The molecule has 0 aromatic carbocycles. The van der Waals surface area contributed by atoms with E-state index < -0.39 is 0 Å². The Balaban J connectivity index is 3.40. The summed E-state index contributed by atoms with van der Waals surface area (Å²) >= 11 is 5.90. The molecular weight excluding hydrogens is 178 g/mol. The zero-order valence-corrected chi connectivity index (χ0v) is 8.01. The van der Waals surface area contributed by atoms with Crippen molar-refractivity contribution >= 4 is 11.6 Å². The third-order valence-electron chi connectivity index (χ3n) is 1.74. The summed E-state index contributed by atoms with van der Waals surface area (Å²) in [7, 11) is 1.55. The molecule has 1 N–H and O–H groups in total. The Kier molecular flexibility index (Phi) is 2.43. The van der Waals surface area contributed by atoms with E-state index in [1.807, 2.05) is 6.92 Å².